The SMILES string of the molecule is CCOC=C(Oc1ccccc1)C(=O)O. The average Bonchev–Trinajstić information content (AvgIpc) is 2.25. The predicted molar refractivity (Wildman–Crippen MR) is 54.4 cm³/mol. The fourth-order valence-corrected chi connectivity index (χ4v) is 0.893. The van der Waals surface area contributed by atoms with Crippen molar-refractivity contribution in [3.8, 4) is 5.75 Å². The van der Waals surface area contributed by atoms with Crippen LogP contribution in [0.15, 0.2) is 42.4 Å². The van der Waals surface area contributed by atoms with E-state index in [0.29, 0.717) is 12.4 Å². The number of hydrogen-bond donors (Lipinski definition) is 1. The van der Waals surface area contributed by atoms with Gasteiger partial charge in [0.15, 0.2) is 0 Å². The summed E-state index contributed by atoms with van der Waals surface area (Å²) in [6.45, 7) is 2.16. The number of para-hydroxylation sites is 1. The minimum Gasteiger partial charge on any atom is -0.497 e. The lowest BCUT2D eigenvalue weighted by atomic mass is 10.3. The van der Waals surface area contributed by atoms with Gasteiger partial charge in [-0.15, -0.1) is 0 Å². The molecule has 0 amide bonds. The molecule has 1 aromatic rings. The largest absolute Gasteiger partial charge is 0.497 e. The molecule has 0 saturated carbocycles. The van der Waals surface area contributed by atoms with E-state index in [1.54, 1.807) is 31.2 Å². The van der Waals surface area contributed by atoms with E-state index in [1.165, 1.54) is 0 Å². The molecule has 0 aromatic heterocycles. The lowest BCUT2D eigenvalue weighted by Crippen LogP contribution is -2.08. The Hall–Kier alpha value is -1.97. The van der Waals surface area contributed by atoms with Crippen molar-refractivity contribution < 1.29 is 19.4 Å². The smallest absolute Gasteiger partial charge is 0.375 e. The number of benzene rings is 1. The van der Waals surface area contributed by atoms with Gasteiger partial charge in [0.2, 0.25) is 5.76 Å². The van der Waals surface area contributed by atoms with Crippen molar-refractivity contribution in [3.05, 3.63) is 42.4 Å². The Morgan fingerprint density at radius 3 is 2.60 bits per heavy atom. The molecule has 15 heavy (non-hydrogen) atoms. The highest BCUT2D eigenvalue weighted by molar-refractivity contribution is 5.84. The summed E-state index contributed by atoms with van der Waals surface area (Å²) >= 11 is 0. The molecule has 0 aliphatic carbocycles. The van der Waals surface area contributed by atoms with Crippen LogP contribution in [0.25, 0.3) is 0 Å². The van der Waals surface area contributed by atoms with Crippen LogP contribution < -0.4 is 4.74 Å². The van der Waals surface area contributed by atoms with Crippen LogP contribution in [0.3, 0.4) is 0 Å². The van der Waals surface area contributed by atoms with Gasteiger partial charge in [-0.2, -0.15) is 0 Å². The van der Waals surface area contributed by atoms with E-state index in [-0.39, 0.29) is 5.76 Å². The molecule has 0 aliphatic rings. The van der Waals surface area contributed by atoms with Gasteiger partial charge in [0, 0.05) is 0 Å². The van der Waals surface area contributed by atoms with Crippen LogP contribution in [0.4, 0.5) is 0 Å². The summed E-state index contributed by atoms with van der Waals surface area (Å²) in [6.07, 6.45) is 1.09. The van der Waals surface area contributed by atoms with Gasteiger partial charge in [0.1, 0.15) is 12.0 Å². The number of aliphatic carboxylic acids is 1. The van der Waals surface area contributed by atoms with Crippen LogP contribution in [0, 0.1) is 0 Å². The molecule has 0 saturated heterocycles. The standard InChI is InChI=1S/C11H12O4/c1-2-14-8-10(11(12)13)15-9-6-4-3-5-7-9/h3-8H,2H2,1H3,(H,12,13). The number of rotatable bonds is 5. The van der Waals surface area contributed by atoms with E-state index in [9.17, 15) is 4.79 Å². The highest BCUT2D eigenvalue weighted by atomic mass is 16.5. The van der Waals surface area contributed by atoms with Crippen LogP contribution in [0.1, 0.15) is 6.92 Å². The van der Waals surface area contributed by atoms with Crippen LogP contribution in [0.5, 0.6) is 5.75 Å². The van der Waals surface area contributed by atoms with Crippen LogP contribution in [-0.2, 0) is 9.53 Å². The first-order chi connectivity index (χ1) is 7.24. The van der Waals surface area contributed by atoms with Gasteiger partial charge in [-0.05, 0) is 19.1 Å². The second kappa shape index (κ2) is 5.70. The third kappa shape index (κ3) is 3.72. The quantitative estimate of drug-likeness (QED) is 0.594. The summed E-state index contributed by atoms with van der Waals surface area (Å²) in [7, 11) is 0. The molecule has 0 spiro atoms. The maximum Gasteiger partial charge on any atom is 0.375 e. The van der Waals surface area contributed by atoms with Crippen LogP contribution in [-0.4, -0.2) is 17.7 Å². The van der Waals surface area contributed by atoms with Crippen molar-refractivity contribution in [2.24, 2.45) is 0 Å². The number of carboxylic acid groups (broad SMARTS) is 1. The second-order valence-electron chi connectivity index (χ2n) is 2.66. The zero-order valence-electron chi connectivity index (χ0n) is 8.34. The average molecular weight is 208 g/mol. The van der Waals surface area contributed by atoms with E-state index >= 15 is 0 Å². The minimum absolute atomic E-state index is 0.233. The molecule has 80 valence electrons. The molecule has 0 fully saturated rings. The van der Waals surface area contributed by atoms with Gasteiger partial charge in [-0.25, -0.2) is 4.79 Å². The second-order valence-corrected chi connectivity index (χ2v) is 2.66. The first kappa shape index (κ1) is 11.1. The van der Waals surface area contributed by atoms with Gasteiger partial charge in [-0.1, -0.05) is 18.2 Å². The van der Waals surface area contributed by atoms with E-state index in [2.05, 4.69) is 0 Å². The molecule has 0 atom stereocenters. The van der Waals surface area contributed by atoms with E-state index in [0.717, 1.165) is 6.26 Å². The number of ether oxygens (including phenoxy) is 2. The number of hydrogen-bond acceptors (Lipinski definition) is 3. The Morgan fingerprint density at radius 2 is 2.07 bits per heavy atom. The maximum atomic E-state index is 10.7. The molecule has 4 nitrogen and oxygen atoms in total. The lowest BCUT2D eigenvalue weighted by Gasteiger charge is -2.05. The van der Waals surface area contributed by atoms with Gasteiger partial charge < -0.3 is 14.6 Å². The van der Waals surface area contributed by atoms with Crippen molar-refractivity contribution in [1.82, 2.24) is 0 Å². The van der Waals surface area contributed by atoms with Crippen molar-refractivity contribution in [3.63, 3.8) is 0 Å². The summed E-state index contributed by atoms with van der Waals surface area (Å²) in [5.41, 5.74) is 0. The van der Waals surface area contributed by atoms with Crippen molar-refractivity contribution in [2.75, 3.05) is 6.61 Å². The Bertz CT molecular complexity index is 343. The van der Waals surface area contributed by atoms with Crippen molar-refractivity contribution in [1.29, 1.82) is 0 Å². The Kier molecular flexibility index (Phi) is 4.22. The predicted octanol–water partition coefficient (Wildman–Crippen LogP) is 2.03. The van der Waals surface area contributed by atoms with Gasteiger partial charge in [0.25, 0.3) is 0 Å². The third-order valence-electron chi connectivity index (χ3n) is 1.54. The summed E-state index contributed by atoms with van der Waals surface area (Å²) in [6, 6.07) is 8.68. The summed E-state index contributed by atoms with van der Waals surface area (Å²) in [5.74, 6) is -0.929. The molecule has 4 heteroatoms. The Labute approximate surface area is 87.7 Å². The maximum absolute atomic E-state index is 10.7. The molecular formula is C11H12O4. The fourth-order valence-electron chi connectivity index (χ4n) is 0.893. The topological polar surface area (TPSA) is 55.8 Å². The molecule has 1 aromatic carbocycles. The van der Waals surface area contributed by atoms with Crippen LogP contribution >= 0.6 is 0 Å². The highest BCUT2D eigenvalue weighted by Crippen LogP contribution is 2.12. The highest BCUT2D eigenvalue weighted by Gasteiger charge is 2.10. The summed E-state index contributed by atoms with van der Waals surface area (Å²) < 4.78 is 9.98. The van der Waals surface area contributed by atoms with Crippen molar-refractivity contribution in [2.45, 2.75) is 6.92 Å². The fraction of sp³-hybridized carbons (Fsp3) is 0.182. The molecule has 0 bridgehead atoms. The molecule has 0 unspecified atom stereocenters. The summed E-state index contributed by atoms with van der Waals surface area (Å²) in [5, 5.41) is 8.79. The first-order valence-corrected chi connectivity index (χ1v) is 4.52. The van der Waals surface area contributed by atoms with Gasteiger partial charge >= 0.3 is 5.97 Å². The Balaban J connectivity index is 2.72. The van der Waals surface area contributed by atoms with Gasteiger partial charge in [-0.3, -0.25) is 0 Å². The zero-order valence-corrected chi connectivity index (χ0v) is 8.34. The van der Waals surface area contributed by atoms with Crippen molar-refractivity contribution >= 4 is 5.97 Å². The third-order valence-corrected chi connectivity index (χ3v) is 1.54. The molecule has 1 N–H and O–H groups in total. The molecule has 0 aliphatic heterocycles. The molecule has 0 heterocycles. The normalized spacial score (nSPS) is 10.9. The first-order valence-electron chi connectivity index (χ1n) is 4.52. The zero-order chi connectivity index (χ0) is 11.1. The summed E-state index contributed by atoms with van der Waals surface area (Å²) in [4.78, 5) is 10.7. The molecular weight excluding hydrogens is 196 g/mol. The van der Waals surface area contributed by atoms with E-state index in [1.807, 2.05) is 6.07 Å². The Morgan fingerprint density at radius 1 is 1.40 bits per heavy atom. The number of carbonyl (C=O) groups is 1. The number of carboxylic acids is 1. The minimum atomic E-state index is -1.16. The van der Waals surface area contributed by atoms with E-state index < -0.39 is 5.97 Å². The molecule has 0 radical (unpaired) electrons. The van der Waals surface area contributed by atoms with Gasteiger partial charge in [0.05, 0.1) is 6.61 Å². The van der Waals surface area contributed by atoms with Crippen LogP contribution in [0.2, 0.25) is 0 Å². The van der Waals surface area contributed by atoms with E-state index in [4.69, 9.17) is 14.6 Å². The molecule has 1 rings (SSSR count). The monoisotopic (exact) mass is 208 g/mol. The lowest BCUT2D eigenvalue weighted by molar-refractivity contribution is -0.135.